The Bertz CT molecular complexity index is 530. The van der Waals surface area contributed by atoms with Crippen LogP contribution in [0, 0.1) is 0 Å². The molecule has 1 aromatic carbocycles. The van der Waals surface area contributed by atoms with E-state index in [1.807, 2.05) is 0 Å². The van der Waals surface area contributed by atoms with Gasteiger partial charge in [-0.05, 0) is 24.3 Å². The Kier molecular flexibility index (Phi) is 3.96. The SMILES string of the molecule is NC(=O)CN[C@H]1CC(=O)N(c2ccc(Br)cc2)C1=O. The molecular formula is C12H12BrN3O3. The predicted molar refractivity (Wildman–Crippen MR) is 72.2 cm³/mol. The van der Waals surface area contributed by atoms with E-state index in [0.717, 1.165) is 9.37 Å². The number of hydrogen-bond acceptors (Lipinski definition) is 4. The molecular weight excluding hydrogens is 314 g/mol. The molecule has 1 aromatic rings. The van der Waals surface area contributed by atoms with Gasteiger partial charge in [0.1, 0.15) is 0 Å². The summed E-state index contributed by atoms with van der Waals surface area (Å²) in [6.07, 6.45) is 0.0299. The zero-order chi connectivity index (χ0) is 14.0. The van der Waals surface area contributed by atoms with Gasteiger partial charge in [0.25, 0.3) is 5.91 Å². The van der Waals surface area contributed by atoms with Crippen molar-refractivity contribution in [3.63, 3.8) is 0 Å². The molecule has 1 aliphatic heterocycles. The molecule has 0 radical (unpaired) electrons. The number of hydrogen-bond donors (Lipinski definition) is 2. The first-order valence-electron chi connectivity index (χ1n) is 5.63. The number of nitrogens with two attached hydrogens (primary N) is 1. The van der Waals surface area contributed by atoms with Gasteiger partial charge < -0.3 is 5.73 Å². The van der Waals surface area contributed by atoms with Crippen molar-refractivity contribution in [2.45, 2.75) is 12.5 Å². The highest BCUT2D eigenvalue weighted by Gasteiger charge is 2.39. The molecule has 0 bridgehead atoms. The minimum Gasteiger partial charge on any atom is -0.369 e. The summed E-state index contributed by atoms with van der Waals surface area (Å²) in [4.78, 5) is 35.7. The number of benzene rings is 1. The topological polar surface area (TPSA) is 92.5 Å². The largest absolute Gasteiger partial charge is 0.369 e. The molecule has 2 rings (SSSR count). The van der Waals surface area contributed by atoms with Crippen molar-refractivity contribution in [1.29, 1.82) is 0 Å². The first-order valence-corrected chi connectivity index (χ1v) is 6.42. The Morgan fingerprint density at radius 3 is 2.58 bits per heavy atom. The predicted octanol–water partition coefficient (Wildman–Crippen LogP) is 0.156. The molecule has 0 spiro atoms. The second kappa shape index (κ2) is 5.50. The number of halogens is 1. The van der Waals surface area contributed by atoms with Gasteiger partial charge in [-0.1, -0.05) is 15.9 Å². The number of primary amides is 1. The third-order valence-corrected chi connectivity index (χ3v) is 3.28. The lowest BCUT2D eigenvalue weighted by Crippen LogP contribution is -2.42. The zero-order valence-electron chi connectivity index (χ0n) is 9.93. The highest BCUT2D eigenvalue weighted by Crippen LogP contribution is 2.24. The minimum absolute atomic E-state index is 0.0299. The average Bonchev–Trinajstić information content (AvgIpc) is 2.63. The van der Waals surface area contributed by atoms with Crippen LogP contribution in [-0.4, -0.2) is 30.3 Å². The van der Waals surface area contributed by atoms with Crippen LogP contribution in [0.4, 0.5) is 5.69 Å². The van der Waals surface area contributed by atoms with Crippen LogP contribution < -0.4 is 16.0 Å². The summed E-state index contributed by atoms with van der Waals surface area (Å²) >= 11 is 3.28. The first-order chi connectivity index (χ1) is 8.99. The van der Waals surface area contributed by atoms with Gasteiger partial charge in [-0.2, -0.15) is 0 Å². The van der Waals surface area contributed by atoms with E-state index >= 15 is 0 Å². The van der Waals surface area contributed by atoms with Crippen LogP contribution in [0.5, 0.6) is 0 Å². The molecule has 3 amide bonds. The number of nitrogens with zero attached hydrogens (tertiary/aromatic N) is 1. The highest BCUT2D eigenvalue weighted by molar-refractivity contribution is 9.10. The van der Waals surface area contributed by atoms with Crippen LogP contribution >= 0.6 is 15.9 Å². The number of imide groups is 1. The lowest BCUT2D eigenvalue weighted by Gasteiger charge is -2.15. The van der Waals surface area contributed by atoms with Gasteiger partial charge in [-0.15, -0.1) is 0 Å². The maximum absolute atomic E-state index is 12.1. The maximum Gasteiger partial charge on any atom is 0.251 e. The molecule has 0 unspecified atom stereocenters. The molecule has 1 fully saturated rings. The Morgan fingerprint density at radius 1 is 1.37 bits per heavy atom. The lowest BCUT2D eigenvalue weighted by atomic mass is 10.2. The van der Waals surface area contributed by atoms with E-state index in [2.05, 4.69) is 21.2 Å². The molecule has 1 saturated heterocycles. The molecule has 19 heavy (non-hydrogen) atoms. The Hall–Kier alpha value is -1.73. The summed E-state index contributed by atoms with van der Waals surface area (Å²) in [6.45, 7) is -0.127. The zero-order valence-corrected chi connectivity index (χ0v) is 11.5. The molecule has 0 saturated carbocycles. The van der Waals surface area contributed by atoms with Gasteiger partial charge >= 0.3 is 0 Å². The number of rotatable bonds is 4. The molecule has 0 aromatic heterocycles. The number of carbonyl (C=O) groups excluding carboxylic acids is 3. The standard InChI is InChI=1S/C12H12BrN3O3/c13-7-1-3-8(4-2-7)16-11(18)5-9(12(16)19)15-6-10(14)17/h1-4,9,15H,5-6H2,(H2,14,17)/t9-/m0/s1. The fraction of sp³-hybridized carbons (Fsp3) is 0.250. The van der Waals surface area contributed by atoms with Crippen LogP contribution in [0.15, 0.2) is 28.7 Å². The van der Waals surface area contributed by atoms with Gasteiger partial charge in [0.05, 0.1) is 24.7 Å². The Morgan fingerprint density at radius 2 is 2.00 bits per heavy atom. The van der Waals surface area contributed by atoms with E-state index < -0.39 is 11.9 Å². The second-order valence-corrected chi connectivity index (χ2v) is 5.06. The summed E-state index contributed by atoms with van der Waals surface area (Å²) in [5.74, 6) is -1.23. The van der Waals surface area contributed by atoms with Gasteiger partial charge in [0.15, 0.2) is 0 Å². The van der Waals surface area contributed by atoms with E-state index in [4.69, 9.17) is 5.73 Å². The van der Waals surface area contributed by atoms with E-state index in [1.54, 1.807) is 24.3 Å². The molecule has 100 valence electrons. The first kappa shape index (κ1) is 13.7. The van der Waals surface area contributed by atoms with Crippen molar-refractivity contribution >= 4 is 39.3 Å². The van der Waals surface area contributed by atoms with Crippen LogP contribution in [0.2, 0.25) is 0 Å². The van der Waals surface area contributed by atoms with Crippen molar-refractivity contribution in [2.24, 2.45) is 5.73 Å². The summed E-state index contributed by atoms with van der Waals surface area (Å²) in [7, 11) is 0. The van der Waals surface area contributed by atoms with Crippen molar-refractivity contribution < 1.29 is 14.4 Å². The molecule has 1 atom stereocenters. The molecule has 3 N–H and O–H groups in total. The number of amides is 3. The van der Waals surface area contributed by atoms with Gasteiger partial charge in [-0.3, -0.25) is 19.7 Å². The minimum atomic E-state index is -0.691. The fourth-order valence-corrected chi connectivity index (χ4v) is 2.14. The van der Waals surface area contributed by atoms with E-state index in [9.17, 15) is 14.4 Å². The van der Waals surface area contributed by atoms with E-state index in [0.29, 0.717) is 5.69 Å². The van der Waals surface area contributed by atoms with E-state index in [1.165, 1.54) is 0 Å². The van der Waals surface area contributed by atoms with Gasteiger partial charge in [0, 0.05) is 4.47 Å². The van der Waals surface area contributed by atoms with Crippen LogP contribution in [-0.2, 0) is 14.4 Å². The van der Waals surface area contributed by atoms with Crippen LogP contribution in [0.25, 0.3) is 0 Å². The van der Waals surface area contributed by atoms with Gasteiger partial charge in [0.2, 0.25) is 11.8 Å². The number of carbonyl (C=O) groups is 3. The fourth-order valence-electron chi connectivity index (χ4n) is 1.88. The third-order valence-electron chi connectivity index (χ3n) is 2.75. The summed E-state index contributed by atoms with van der Waals surface area (Å²) in [5, 5.41) is 2.68. The monoisotopic (exact) mass is 325 g/mol. The van der Waals surface area contributed by atoms with Crippen molar-refractivity contribution in [1.82, 2.24) is 5.32 Å². The second-order valence-electron chi connectivity index (χ2n) is 4.15. The maximum atomic E-state index is 12.1. The molecule has 0 aliphatic carbocycles. The quantitative estimate of drug-likeness (QED) is 0.771. The molecule has 6 nitrogen and oxygen atoms in total. The normalized spacial score (nSPS) is 19.0. The Labute approximate surface area is 118 Å². The van der Waals surface area contributed by atoms with Crippen molar-refractivity contribution in [3.8, 4) is 0 Å². The average molecular weight is 326 g/mol. The summed E-state index contributed by atoms with van der Waals surface area (Å²) in [6, 6.07) is 6.16. The molecule has 7 heteroatoms. The van der Waals surface area contributed by atoms with Crippen molar-refractivity contribution in [3.05, 3.63) is 28.7 Å². The highest BCUT2D eigenvalue weighted by atomic mass is 79.9. The number of nitrogens with one attached hydrogen (secondary N) is 1. The Balaban J connectivity index is 2.14. The molecule has 1 heterocycles. The summed E-state index contributed by atoms with van der Waals surface area (Å²) < 4.78 is 0.860. The molecule has 1 aliphatic rings. The van der Waals surface area contributed by atoms with Gasteiger partial charge in [-0.25, -0.2) is 4.90 Å². The smallest absolute Gasteiger partial charge is 0.251 e. The third kappa shape index (κ3) is 2.99. The lowest BCUT2D eigenvalue weighted by molar-refractivity contribution is -0.121. The van der Waals surface area contributed by atoms with E-state index in [-0.39, 0.29) is 24.8 Å². The van der Waals surface area contributed by atoms with Crippen molar-refractivity contribution in [2.75, 3.05) is 11.4 Å². The van der Waals surface area contributed by atoms with Crippen LogP contribution in [0.1, 0.15) is 6.42 Å². The number of anilines is 1. The summed E-state index contributed by atoms with van der Waals surface area (Å²) in [5.41, 5.74) is 5.51. The van der Waals surface area contributed by atoms with Crippen LogP contribution in [0.3, 0.4) is 0 Å².